The summed E-state index contributed by atoms with van der Waals surface area (Å²) in [6.45, 7) is 0. The SMILES string of the molecule is Fc1cc(F)cc(N=Nc2ccccc2)c1. The van der Waals surface area contributed by atoms with E-state index in [-0.39, 0.29) is 5.69 Å². The molecule has 0 unspecified atom stereocenters. The van der Waals surface area contributed by atoms with Crippen molar-refractivity contribution in [2.75, 3.05) is 0 Å². The summed E-state index contributed by atoms with van der Waals surface area (Å²) in [5.74, 6) is -1.33. The summed E-state index contributed by atoms with van der Waals surface area (Å²) in [7, 11) is 0. The maximum Gasteiger partial charge on any atom is 0.128 e. The lowest BCUT2D eigenvalue weighted by Gasteiger charge is -1.94. The van der Waals surface area contributed by atoms with Crippen LogP contribution < -0.4 is 0 Å². The third-order valence-corrected chi connectivity index (χ3v) is 1.88. The quantitative estimate of drug-likeness (QED) is 0.668. The molecule has 16 heavy (non-hydrogen) atoms. The van der Waals surface area contributed by atoms with E-state index in [9.17, 15) is 8.78 Å². The number of azo groups is 1. The molecule has 0 aliphatic carbocycles. The number of nitrogens with zero attached hydrogens (tertiary/aromatic N) is 2. The van der Waals surface area contributed by atoms with E-state index < -0.39 is 11.6 Å². The van der Waals surface area contributed by atoms with Crippen molar-refractivity contribution >= 4 is 11.4 Å². The highest BCUT2D eigenvalue weighted by atomic mass is 19.1. The summed E-state index contributed by atoms with van der Waals surface area (Å²) in [5, 5.41) is 7.59. The molecule has 80 valence electrons. The van der Waals surface area contributed by atoms with Gasteiger partial charge in [-0.2, -0.15) is 10.2 Å². The predicted octanol–water partition coefficient (Wildman–Crippen LogP) is 4.38. The van der Waals surface area contributed by atoms with Crippen molar-refractivity contribution in [3.63, 3.8) is 0 Å². The molecule has 0 spiro atoms. The minimum atomic E-state index is -0.665. The van der Waals surface area contributed by atoms with Crippen molar-refractivity contribution in [1.82, 2.24) is 0 Å². The van der Waals surface area contributed by atoms with Crippen LogP contribution in [0.5, 0.6) is 0 Å². The number of benzene rings is 2. The van der Waals surface area contributed by atoms with Crippen LogP contribution in [0.25, 0.3) is 0 Å². The second-order valence-corrected chi connectivity index (χ2v) is 3.16. The number of hydrogen-bond donors (Lipinski definition) is 0. The lowest BCUT2D eigenvalue weighted by atomic mass is 10.3. The van der Waals surface area contributed by atoms with Gasteiger partial charge in [-0.3, -0.25) is 0 Å². The van der Waals surface area contributed by atoms with Gasteiger partial charge in [-0.25, -0.2) is 8.78 Å². The fraction of sp³-hybridized carbons (Fsp3) is 0. The molecule has 4 heteroatoms. The standard InChI is InChI=1S/C12H8F2N2/c13-9-6-10(14)8-12(7-9)16-15-11-4-2-1-3-5-11/h1-8H. The fourth-order valence-electron chi connectivity index (χ4n) is 1.21. The molecule has 0 saturated carbocycles. The van der Waals surface area contributed by atoms with Gasteiger partial charge >= 0.3 is 0 Å². The van der Waals surface area contributed by atoms with E-state index in [1.165, 1.54) is 0 Å². The summed E-state index contributed by atoms with van der Waals surface area (Å²) in [4.78, 5) is 0. The molecule has 0 amide bonds. The number of rotatable bonds is 2. The van der Waals surface area contributed by atoms with E-state index in [4.69, 9.17) is 0 Å². The van der Waals surface area contributed by atoms with Gasteiger partial charge in [-0.15, -0.1) is 0 Å². The first kappa shape index (κ1) is 10.4. The normalized spacial score (nSPS) is 10.9. The van der Waals surface area contributed by atoms with Gasteiger partial charge in [0.05, 0.1) is 11.4 Å². The largest absolute Gasteiger partial charge is 0.207 e. The van der Waals surface area contributed by atoms with E-state index in [0.717, 1.165) is 18.2 Å². The summed E-state index contributed by atoms with van der Waals surface area (Å²) < 4.78 is 25.6. The van der Waals surface area contributed by atoms with Crippen molar-refractivity contribution in [2.45, 2.75) is 0 Å². The van der Waals surface area contributed by atoms with Crippen LogP contribution in [0.4, 0.5) is 20.2 Å². The van der Waals surface area contributed by atoms with E-state index in [0.29, 0.717) is 5.69 Å². The van der Waals surface area contributed by atoms with Gasteiger partial charge in [-0.1, -0.05) is 18.2 Å². The van der Waals surface area contributed by atoms with Gasteiger partial charge in [0, 0.05) is 18.2 Å². The average Bonchev–Trinajstić information content (AvgIpc) is 2.27. The van der Waals surface area contributed by atoms with Crippen molar-refractivity contribution in [3.05, 3.63) is 60.2 Å². The molecule has 0 aromatic heterocycles. The molecule has 2 rings (SSSR count). The van der Waals surface area contributed by atoms with E-state index in [1.807, 2.05) is 6.07 Å². The first-order chi connectivity index (χ1) is 7.74. The molecule has 2 aromatic rings. The average molecular weight is 218 g/mol. The minimum Gasteiger partial charge on any atom is -0.207 e. The van der Waals surface area contributed by atoms with Gasteiger partial charge in [0.15, 0.2) is 0 Å². The summed E-state index contributed by atoms with van der Waals surface area (Å²) in [5.41, 5.74) is 0.786. The second kappa shape index (κ2) is 4.61. The maximum absolute atomic E-state index is 12.8. The Labute approximate surface area is 91.3 Å². The Morgan fingerprint density at radius 1 is 0.688 bits per heavy atom. The van der Waals surface area contributed by atoms with Gasteiger partial charge < -0.3 is 0 Å². The number of halogens is 2. The van der Waals surface area contributed by atoms with Crippen LogP contribution in [0.15, 0.2) is 58.8 Å². The Bertz CT molecular complexity index is 489. The van der Waals surface area contributed by atoms with Crippen LogP contribution in [-0.4, -0.2) is 0 Å². The monoisotopic (exact) mass is 218 g/mol. The van der Waals surface area contributed by atoms with Crippen LogP contribution in [0.1, 0.15) is 0 Å². The summed E-state index contributed by atoms with van der Waals surface area (Å²) in [6.07, 6.45) is 0. The number of hydrogen-bond acceptors (Lipinski definition) is 2. The minimum absolute atomic E-state index is 0.154. The second-order valence-electron chi connectivity index (χ2n) is 3.16. The Hall–Kier alpha value is -2.10. The van der Waals surface area contributed by atoms with Crippen molar-refractivity contribution in [3.8, 4) is 0 Å². The fourth-order valence-corrected chi connectivity index (χ4v) is 1.21. The molecule has 2 nitrogen and oxygen atoms in total. The molecular formula is C12H8F2N2. The highest BCUT2D eigenvalue weighted by Crippen LogP contribution is 2.19. The van der Waals surface area contributed by atoms with E-state index >= 15 is 0 Å². The Kier molecular flexibility index (Phi) is 3.00. The van der Waals surface area contributed by atoms with Gasteiger partial charge in [-0.05, 0) is 12.1 Å². The highest BCUT2D eigenvalue weighted by Gasteiger charge is 1.98. The highest BCUT2D eigenvalue weighted by molar-refractivity contribution is 5.40. The van der Waals surface area contributed by atoms with Crippen LogP contribution in [-0.2, 0) is 0 Å². The molecule has 0 heterocycles. The molecule has 0 bridgehead atoms. The molecule has 2 aromatic carbocycles. The predicted molar refractivity (Wildman–Crippen MR) is 57.0 cm³/mol. The lowest BCUT2D eigenvalue weighted by molar-refractivity contribution is 0.583. The van der Waals surface area contributed by atoms with Crippen LogP contribution in [0.3, 0.4) is 0 Å². The molecule has 0 aliphatic rings. The van der Waals surface area contributed by atoms with Crippen LogP contribution >= 0.6 is 0 Å². The molecular weight excluding hydrogens is 210 g/mol. The lowest BCUT2D eigenvalue weighted by Crippen LogP contribution is -1.77. The maximum atomic E-state index is 12.8. The molecule has 0 N–H and O–H groups in total. The van der Waals surface area contributed by atoms with E-state index in [1.54, 1.807) is 24.3 Å². The zero-order valence-corrected chi connectivity index (χ0v) is 8.27. The molecule has 0 fully saturated rings. The smallest absolute Gasteiger partial charge is 0.128 e. The van der Waals surface area contributed by atoms with Crippen molar-refractivity contribution in [2.24, 2.45) is 10.2 Å². The van der Waals surface area contributed by atoms with Gasteiger partial charge in [0.2, 0.25) is 0 Å². The Balaban J connectivity index is 2.24. The zero-order chi connectivity index (χ0) is 11.4. The van der Waals surface area contributed by atoms with Crippen molar-refractivity contribution < 1.29 is 8.78 Å². The van der Waals surface area contributed by atoms with Crippen LogP contribution in [0, 0.1) is 11.6 Å². The van der Waals surface area contributed by atoms with Gasteiger partial charge in [0.25, 0.3) is 0 Å². The molecule has 0 radical (unpaired) electrons. The molecule has 0 aliphatic heterocycles. The molecule has 0 saturated heterocycles. The third kappa shape index (κ3) is 2.70. The summed E-state index contributed by atoms with van der Waals surface area (Å²) in [6, 6.07) is 12.0. The van der Waals surface area contributed by atoms with Gasteiger partial charge in [0.1, 0.15) is 11.6 Å². The first-order valence-corrected chi connectivity index (χ1v) is 4.67. The topological polar surface area (TPSA) is 24.7 Å². The first-order valence-electron chi connectivity index (χ1n) is 4.67. The third-order valence-electron chi connectivity index (χ3n) is 1.88. The Morgan fingerprint density at radius 2 is 1.25 bits per heavy atom. The van der Waals surface area contributed by atoms with E-state index in [2.05, 4.69) is 10.2 Å². The Morgan fingerprint density at radius 3 is 1.88 bits per heavy atom. The van der Waals surface area contributed by atoms with Crippen molar-refractivity contribution in [1.29, 1.82) is 0 Å². The molecule has 0 atom stereocenters. The zero-order valence-electron chi connectivity index (χ0n) is 8.27. The van der Waals surface area contributed by atoms with Crippen LogP contribution in [0.2, 0.25) is 0 Å². The summed E-state index contributed by atoms with van der Waals surface area (Å²) >= 11 is 0.